The number of nitrogens with one attached hydrogen (secondary N) is 2. The molecule has 0 bridgehead atoms. The third kappa shape index (κ3) is 6.79. The summed E-state index contributed by atoms with van der Waals surface area (Å²) in [6.45, 7) is 3.01. The number of anilines is 1. The zero-order chi connectivity index (χ0) is 15.5. The van der Waals surface area contributed by atoms with Crippen LogP contribution in [-0.4, -0.2) is 24.9 Å². The first-order valence-electron chi connectivity index (χ1n) is 7.54. The van der Waals surface area contributed by atoms with Gasteiger partial charge in [0.05, 0.1) is 12.1 Å². The van der Waals surface area contributed by atoms with Crippen LogP contribution in [0.15, 0.2) is 24.3 Å². The fourth-order valence-electron chi connectivity index (χ4n) is 2.05. The zero-order valence-corrected chi connectivity index (χ0v) is 12.7. The fraction of sp³-hybridized carbons (Fsp3) is 0.500. The van der Waals surface area contributed by atoms with Gasteiger partial charge in [0, 0.05) is 12.2 Å². The fourth-order valence-corrected chi connectivity index (χ4v) is 2.05. The van der Waals surface area contributed by atoms with Crippen molar-refractivity contribution in [2.45, 2.75) is 39.0 Å². The Labute approximate surface area is 126 Å². The number of rotatable bonds is 10. The van der Waals surface area contributed by atoms with E-state index in [2.05, 4.69) is 17.6 Å². The molecule has 0 aliphatic heterocycles. The zero-order valence-electron chi connectivity index (χ0n) is 12.7. The molecule has 0 aliphatic carbocycles. The molecule has 0 fully saturated rings. The standard InChI is InChI=1S/C16H25N3O2/c1-2-3-4-5-8-11-18-15(20)12-19-14-10-7-6-9-13(14)16(17)21/h6-7,9-10,19H,2-5,8,11-12H2,1H3,(H2,17,21)(H,18,20). The lowest BCUT2D eigenvalue weighted by Gasteiger charge is -2.10. The highest BCUT2D eigenvalue weighted by molar-refractivity contribution is 5.98. The number of hydrogen-bond acceptors (Lipinski definition) is 3. The summed E-state index contributed by atoms with van der Waals surface area (Å²) >= 11 is 0. The quantitative estimate of drug-likeness (QED) is 0.578. The summed E-state index contributed by atoms with van der Waals surface area (Å²) in [6.07, 6.45) is 5.83. The summed E-state index contributed by atoms with van der Waals surface area (Å²) in [5.41, 5.74) is 6.26. The molecule has 1 aromatic rings. The number of nitrogens with two attached hydrogens (primary N) is 1. The lowest BCUT2D eigenvalue weighted by Crippen LogP contribution is -2.31. The number of primary amides is 1. The Balaban J connectivity index is 2.26. The van der Waals surface area contributed by atoms with Crippen LogP contribution in [0.5, 0.6) is 0 Å². The van der Waals surface area contributed by atoms with Crippen LogP contribution in [0, 0.1) is 0 Å². The van der Waals surface area contributed by atoms with Crippen LogP contribution in [0.25, 0.3) is 0 Å². The number of hydrogen-bond donors (Lipinski definition) is 3. The van der Waals surface area contributed by atoms with Gasteiger partial charge in [-0.05, 0) is 18.6 Å². The first kappa shape index (κ1) is 17.0. The van der Waals surface area contributed by atoms with Crippen molar-refractivity contribution in [3.63, 3.8) is 0 Å². The van der Waals surface area contributed by atoms with Crippen molar-refractivity contribution in [3.05, 3.63) is 29.8 Å². The lowest BCUT2D eigenvalue weighted by atomic mass is 10.1. The van der Waals surface area contributed by atoms with E-state index in [1.165, 1.54) is 19.3 Å². The van der Waals surface area contributed by atoms with Gasteiger partial charge in [-0.25, -0.2) is 0 Å². The molecule has 0 saturated carbocycles. The molecule has 5 nitrogen and oxygen atoms in total. The van der Waals surface area contributed by atoms with E-state index in [0.717, 1.165) is 12.8 Å². The average Bonchev–Trinajstić information content (AvgIpc) is 2.49. The van der Waals surface area contributed by atoms with Crippen molar-refractivity contribution < 1.29 is 9.59 Å². The summed E-state index contributed by atoms with van der Waals surface area (Å²) < 4.78 is 0. The molecular weight excluding hydrogens is 266 g/mol. The Morgan fingerprint density at radius 3 is 2.52 bits per heavy atom. The Bertz CT molecular complexity index is 461. The van der Waals surface area contributed by atoms with Crippen LogP contribution >= 0.6 is 0 Å². The van der Waals surface area contributed by atoms with Crippen LogP contribution in [0.1, 0.15) is 49.4 Å². The van der Waals surface area contributed by atoms with Crippen molar-refractivity contribution in [1.82, 2.24) is 5.32 Å². The van der Waals surface area contributed by atoms with E-state index in [9.17, 15) is 9.59 Å². The minimum Gasteiger partial charge on any atom is -0.376 e. The second kappa shape index (κ2) is 9.80. The summed E-state index contributed by atoms with van der Waals surface area (Å²) in [5.74, 6) is -0.584. The van der Waals surface area contributed by atoms with Crippen molar-refractivity contribution in [2.24, 2.45) is 5.73 Å². The molecule has 0 atom stereocenters. The summed E-state index contributed by atoms with van der Waals surface area (Å²) in [4.78, 5) is 22.9. The molecular formula is C16H25N3O2. The monoisotopic (exact) mass is 291 g/mol. The van der Waals surface area contributed by atoms with Crippen molar-refractivity contribution >= 4 is 17.5 Å². The van der Waals surface area contributed by atoms with Crippen molar-refractivity contribution in [1.29, 1.82) is 0 Å². The first-order chi connectivity index (χ1) is 10.1. The van der Waals surface area contributed by atoms with Gasteiger partial charge in [-0.15, -0.1) is 0 Å². The Hall–Kier alpha value is -2.04. The van der Waals surface area contributed by atoms with E-state index in [0.29, 0.717) is 17.8 Å². The van der Waals surface area contributed by atoms with Gasteiger partial charge in [0.25, 0.3) is 5.91 Å². The van der Waals surface area contributed by atoms with Crippen LogP contribution < -0.4 is 16.4 Å². The number of para-hydroxylation sites is 1. The van der Waals surface area contributed by atoms with E-state index in [1.54, 1.807) is 24.3 Å². The van der Waals surface area contributed by atoms with Crippen molar-refractivity contribution in [2.75, 3.05) is 18.4 Å². The number of benzene rings is 1. The SMILES string of the molecule is CCCCCCCNC(=O)CNc1ccccc1C(N)=O. The largest absolute Gasteiger partial charge is 0.376 e. The van der Waals surface area contributed by atoms with E-state index < -0.39 is 5.91 Å². The van der Waals surface area contributed by atoms with Gasteiger partial charge in [-0.1, -0.05) is 44.7 Å². The Morgan fingerprint density at radius 1 is 1.10 bits per heavy atom. The van der Waals surface area contributed by atoms with Crippen LogP contribution in [0.3, 0.4) is 0 Å². The predicted octanol–water partition coefficient (Wildman–Crippen LogP) is 2.28. The van der Waals surface area contributed by atoms with Crippen molar-refractivity contribution in [3.8, 4) is 0 Å². The van der Waals surface area contributed by atoms with E-state index in [4.69, 9.17) is 5.73 Å². The molecule has 116 valence electrons. The topological polar surface area (TPSA) is 84.2 Å². The molecule has 0 radical (unpaired) electrons. The minimum atomic E-state index is -0.505. The molecule has 1 aromatic carbocycles. The molecule has 2 amide bonds. The van der Waals surface area contributed by atoms with Gasteiger partial charge in [-0.2, -0.15) is 0 Å². The molecule has 5 heteroatoms. The molecule has 0 heterocycles. The molecule has 0 saturated heterocycles. The van der Waals surface area contributed by atoms with Gasteiger partial charge < -0.3 is 16.4 Å². The van der Waals surface area contributed by atoms with Crippen LogP contribution in [0.4, 0.5) is 5.69 Å². The number of amides is 2. The smallest absolute Gasteiger partial charge is 0.250 e. The Kier molecular flexibility index (Phi) is 7.94. The summed E-state index contributed by atoms with van der Waals surface area (Å²) in [5, 5.41) is 5.80. The molecule has 0 aromatic heterocycles. The second-order valence-electron chi connectivity index (χ2n) is 5.03. The predicted molar refractivity (Wildman–Crippen MR) is 85.2 cm³/mol. The molecule has 21 heavy (non-hydrogen) atoms. The molecule has 0 unspecified atom stereocenters. The van der Waals surface area contributed by atoms with Gasteiger partial charge in [0.1, 0.15) is 0 Å². The summed E-state index contributed by atoms with van der Waals surface area (Å²) in [6, 6.07) is 6.90. The van der Waals surface area contributed by atoms with Crippen LogP contribution in [-0.2, 0) is 4.79 Å². The maximum atomic E-state index is 11.7. The lowest BCUT2D eigenvalue weighted by molar-refractivity contribution is -0.119. The van der Waals surface area contributed by atoms with E-state index in [-0.39, 0.29) is 12.5 Å². The normalized spacial score (nSPS) is 10.1. The van der Waals surface area contributed by atoms with Gasteiger partial charge in [-0.3, -0.25) is 9.59 Å². The third-order valence-corrected chi connectivity index (χ3v) is 3.23. The van der Waals surface area contributed by atoms with Gasteiger partial charge >= 0.3 is 0 Å². The minimum absolute atomic E-state index is 0.0789. The van der Waals surface area contributed by atoms with Gasteiger partial charge in [0.15, 0.2) is 0 Å². The number of unbranched alkanes of at least 4 members (excludes halogenated alkanes) is 4. The molecule has 1 rings (SSSR count). The Morgan fingerprint density at radius 2 is 1.81 bits per heavy atom. The number of carbonyl (C=O) groups excluding carboxylic acids is 2. The summed E-state index contributed by atoms with van der Waals surface area (Å²) in [7, 11) is 0. The maximum absolute atomic E-state index is 11.7. The van der Waals surface area contributed by atoms with E-state index in [1.807, 2.05) is 0 Å². The highest BCUT2D eigenvalue weighted by Gasteiger charge is 2.08. The molecule has 0 aliphatic rings. The maximum Gasteiger partial charge on any atom is 0.250 e. The molecule has 0 spiro atoms. The average molecular weight is 291 g/mol. The second-order valence-corrected chi connectivity index (χ2v) is 5.03. The first-order valence-corrected chi connectivity index (χ1v) is 7.54. The number of carbonyl (C=O) groups is 2. The highest BCUT2D eigenvalue weighted by Crippen LogP contribution is 2.13. The van der Waals surface area contributed by atoms with Crippen LogP contribution in [0.2, 0.25) is 0 Å². The molecule has 4 N–H and O–H groups in total. The van der Waals surface area contributed by atoms with Gasteiger partial charge in [0.2, 0.25) is 5.91 Å². The highest BCUT2D eigenvalue weighted by atomic mass is 16.2. The van der Waals surface area contributed by atoms with E-state index >= 15 is 0 Å². The third-order valence-electron chi connectivity index (χ3n) is 3.23.